The highest BCUT2D eigenvalue weighted by Crippen LogP contribution is 2.19. The first-order valence-corrected chi connectivity index (χ1v) is 11.2. The van der Waals surface area contributed by atoms with Gasteiger partial charge in [0.25, 0.3) is 0 Å². The molecule has 1 atom stereocenters. The van der Waals surface area contributed by atoms with Crippen molar-refractivity contribution in [1.29, 1.82) is 0 Å². The van der Waals surface area contributed by atoms with Crippen LogP contribution in [0.3, 0.4) is 0 Å². The monoisotopic (exact) mass is 406 g/mol. The van der Waals surface area contributed by atoms with Gasteiger partial charge in [-0.15, -0.1) is 0 Å². The number of nitrogens with zero attached hydrogens (tertiary/aromatic N) is 1. The molecule has 1 fully saturated rings. The second-order valence-electron chi connectivity index (χ2n) is 8.52. The topological polar surface area (TPSA) is 49.4 Å². The van der Waals surface area contributed by atoms with Gasteiger partial charge in [-0.3, -0.25) is 9.59 Å². The van der Waals surface area contributed by atoms with Crippen LogP contribution in [0.2, 0.25) is 0 Å². The fourth-order valence-corrected chi connectivity index (χ4v) is 4.20. The van der Waals surface area contributed by atoms with E-state index in [0.717, 1.165) is 29.5 Å². The van der Waals surface area contributed by atoms with Crippen molar-refractivity contribution in [3.8, 4) is 0 Å². The Morgan fingerprint density at radius 3 is 2.40 bits per heavy atom. The van der Waals surface area contributed by atoms with Crippen molar-refractivity contribution >= 4 is 11.8 Å². The standard InChI is InChI=1S/C26H34N2O2/c1-20-10-9-13-23(18-20)19-28(25(29)17-16-22-11-5-3-6-12-22)21(2)26(30)27-24-14-7-4-8-15-24/h3,5-6,9-13,18,21,24H,4,7-8,14-17,19H2,1-2H3,(H,27,30)/t21-/m1/s1. The fourth-order valence-electron chi connectivity index (χ4n) is 4.20. The highest BCUT2D eigenvalue weighted by Gasteiger charge is 2.27. The van der Waals surface area contributed by atoms with Gasteiger partial charge in [0.05, 0.1) is 0 Å². The Labute approximate surface area is 180 Å². The molecule has 0 heterocycles. The Morgan fingerprint density at radius 1 is 1.00 bits per heavy atom. The Hall–Kier alpha value is -2.62. The summed E-state index contributed by atoms with van der Waals surface area (Å²) in [5.74, 6) is -0.0192. The maximum absolute atomic E-state index is 13.2. The summed E-state index contributed by atoms with van der Waals surface area (Å²) in [5.41, 5.74) is 3.35. The summed E-state index contributed by atoms with van der Waals surface area (Å²) in [5, 5.41) is 3.19. The van der Waals surface area contributed by atoms with Crippen molar-refractivity contribution in [2.24, 2.45) is 0 Å². The molecule has 0 aliphatic heterocycles. The molecule has 30 heavy (non-hydrogen) atoms. The van der Waals surface area contributed by atoms with Crippen LogP contribution < -0.4 is 5.32 Å². The van der Waals surface area contributed by atoms with Crippen molar-refractivity contribution < 1.29 is 9.59 Å². The van der Waals surface area contributed by atoms with Gasteiger partial charge in [-0.1, -0.05) is 79.4 Å². The van der Waals surface area contributed by atoms with E-state index >= 15 is 0 Å². The van der Waals surface area contributed by atoms with E-state index in [1.165, 1.54) is 19.3 Å². The Bertz CT molecular complexity index is 828. The molecule has 3 rings (SSSR count). The molecule has 160 valence electrons. The van der Waals surface area contributed by atoms with E-state index in [1.54, 1.807) is 4.90 Å². The molecule has 1 N–H and O–H groups in total. The number of benzene rings is 2. The van der Waals surface area contributed by atoms with Crippen molar-refractivity contribution in [2.45, 2.75) is 77.4 Å². The molecule has 2 aromatic rings. The van der Waals surface area contributed by atoms with Gasteiger partial charge in [-0.2, -0.15) is 0 Å². The van der Waals surface area contributed by atoms with Crippen LogP contribution in [0.15, 0.2) is 54.6 Å². The number of carbonyl (C=O) groups is 2. The third-order valence-corrected chi connectivity index (χ3v) is 6.02. The zero-order chi connectivity index (χ0) is 21.3. The number of amides is 2. The molecule has 1 saturated carbocycles. The first-order valence-electron chi connectivity index (χ1n) is 11.2. The first kappa shape index (κ1) is 22.1. The van der Waals surface area contributed by atoms with Crippen LogP contribution in [0.4, 0.5) is 0 Å². The maximum Gasteiger partial charge on any atom is 0.242 e. The molecule has 1 aliphatic carbocycles. The second-order valence-corrected chi connectivity index (χ2v) is 8.52. The summed E-state index contributed by atoms with van der Waals surface area (Å²) in [6.45, 7) is 4.35. The van der Waals surface area contributed by atoms with Crippen LogP contribution in [-0.4, -0.2) is 28.8 Å². The zero-order valence-electron chi connectivity index (χ0n) is 18.3. The molecular weight excluding hydrogens is 372 g/mol. The predicted molar refractivity (Wildman–Crippen MR) is 121 cm³/mol. The van der Waals surface area contributed by atoms with E-state index in [1.807, 2.05) is 62.4 Å². The van der Waals surface area contributed by atoms with Crippen LogP contribution in [0.1, 0.15) is 62.1 Å². The Balaban J connectivity index is 1.69. The molecule has 0 unspecified atom stereocenters. The number of nitrogens with one attached hydrogen (secondary N) is 1. The van der Waals surface area contributed by atoms with Crippen molar-refractivity contribution in [3.05, 3.63) is 71.3 Å². The van der Waals surface area contributed by atoms with Crippen LogP contribution >= 0.6 is 0 Å². The largest absolute Gasteiger partial charge is 0.352 e. The quantitative estimate of drug-likeness (QED) is 0.685. The number of hydrogen-bond acceptors (Lipinski definition) is 2. The lowest BCUT2D eigenvalue weighted by Gasteiger charge is -2.31. The molecule has 2 amide bonds. The number of hydrogen-bond donors (Lipinski definition) is 1. The summed E-state index contributed by atoms with van der Waals surface area (Å²) in [6.07, 6.45) is 6.75. The average molecular weight is 407 g/mol. The van der Waals surface area contributed by atoms with Gasteiger partial charge in [-0.05, 0) is 44.2 Å². The lowest BCUT2D eigenvalue weighted by Crippen LogP contribution is -2.50. The maximum atomic E-state index is 13.2. The SMILES string of the molecule is Cc1cccc(CN(C(=O)CCc2ccccc2)[C@H](C)C(=O)NC2CCCCC2)c1. The van der Waals surface area contributed by atoms with Crippen molar-refractivity contribution in [1.82, 2.24) is 10.2 Å². The molecule has 0 bridgehead atoms. The molecule has 2 aromatic carbocycles. The van der Waals surface area contributed by atoms with Gasteiger partial charge < -0.3 is 10.2 Å². The number of carbonyl (C=O) groups excluding carboxylic acids is 2. The van der Waals surface area contributed by atoms with Crippen LogP contribution in [-0.2, 0) is 22.6 Å². The van der Waals surface area contributed by atoms with E-state index in [0.29, 0.717) is 19.4 Å². The van der Waals surface area contributed by atoms with Gasteiger partial charge >= 0.3 is 0 Å². The van der Waals surface area contributed by atoms with Crippen LogP contribution in [0, 0.1) is 6.92 Å². The minimum Gasteiger partial charge on any atom is -0.352 e. The van der Waals surface area contributed by atoms with E-state index in [9.17, 15) is 9.59 Å². The highest BCUT2D eigenvalue weighted by atomic mass is 16.2. The summed E-state index contributed by atoms with van der Waals surface area (Å²) in [6, 6.07) is 18.0. The Kier molecular flexibility index (Phi) is 8.06. The molecule has 1 aliphatic rings. The predicted octanol–water partition coefficient (Wildman–Crippen LogP) is 4.79. The third-order valence-electron chi connectivity index (χ3n) is 6.02. The second kappa shape index (κ2) is 11.0. The van der Waals surface area contributed by atoms with Gasteiger partial charge in [0, 0.05) is 19.0 Å². The van der Waals surface area contributed by atoms with Crippen molar-refractivity contribution in [2.75, 3.05) is 0 Å². The van der Waals surface area contributed by atoms with Gasteiger partial charge in [0.1, 0.15) is 6.04 Å². The van der Waals surface area contributed by atoms with E-state index in [2.05, 4.69) is 11.4 Å². The minimum atomic E-state index is -0.490. The summed E-state index contributed by atoms with van der Waals surface area (Å²) in [4.78, 5) is 27.9. The van der Waals surface area contributed by atoms with Crippen LogP contribution in [0.5, 0.6) is 0 Å². The van der Waals surface area contributed by atoms with Gasteiger partial charge in [0.15, 0.2) is 0 Å². The summed E-state index contributed by atoms with van der Waals surface area (Å²) in [7, 11) is 0. The normalized spacial score (nSPS) is 15.4. The van der Waals surface area contributed by atoms with E-state index < -0.39 is 6.04 Å². The molecule has 0 spiro atoms. The van der Waals surface area contributed by atoms with Crippen molar-refractivity contribution in [3.63, 3.8) is 0 Å². The molecule has 0 saturated heterocycles. The van der Waals surface area contributed by atoms with Gasteiger partial charge in [0.2, 0.25) is 11.8 Å². The van der Waals surface area contributed by atoms with Crippen LogP contribution in [0.25, 0.3) is 0 Å². The molecule has 0 radical (unpaired) electrons. The summed E-state index contributed by atoms with van der Waals surface area (Å²) < 4.78 is 0. The Morgan fingerprint density at radius 2 is 1.70 bits per heavy atom. The van der Waals surface area contributed by atoms with Gasteiger partial charge in [-0.25, -0.2) is 0 Å². The average Bonchev–Trinajstić information content (AvgIpc) is 2.77. The number of aryl methyl sites for hydroxylation is 2. The smallest absolute Gasteiger partial charge is 0.242 e. The molecule has 0 aromatic heterocycles. The lowest BCUT2D eigenvalue weighted by atomic mass is 9.95. The van der Waals surface area contributed by atoms with E-state index in [-0.39, 0.29) is 17.9 Å². The lowest BCUT2D eigenvalue weighted by molar-refractivity contribution is -0.141. The zero-order valence-corrected chi connectivity index (χ0v) is 18.3. The third kappa shape index (κ3) is 6.45. The van der Waals surface area contributed by atoms with E-state index in [4.69, 9.17) is 0 Å². The molecule has 4 nitrogen and oxygen atoms in total. The highest BCUT2D eigenvalue weighted by molar-refractivity contribution is 5.87. The molecular formula is C26H34N2O2. The number of rotatable bonds is 8. The first-order chi connectivity index (χ1) is 14.5. The fraction of sp³-hybridized carbons (Fsp3) is 0.462. The summed E-state index contributed by atoms with van der Waals surface area (Å²) >= 11 is 0. The molecule has 4 heteroatoms. The minimum absolute atomic E-state index is 0.0200.